The van der Waals surface area contributed by atoms with Crippen molar-refractivity contribution in [2.24, 2.45) is 5.92 Å². The number of ketones is 1. The zero-order valence-corrected chi connectivity index (χ0v) is 10.8. The van der Waals surface area contributed by atoms with Crippen LogP contribution in [0.15, 0.2) is 18.2 Å². The largest absolute Gasteiger partial charge is 0.388 e. The molecule has 0 unspecified atom stereocenters. The highest BCUT2D eigenvalue weighted by Gasteiger charge is 2.32. The highest BCUT2D eigenvalue weighted by molar-refractivity contribution is 6.36. The Hall–Kier alpha value is -0.570. The third kappa shape index (κ3) is 2.65. The van der Waals surface area contributed by atoms with Crippen LogP contribution >= 0.6 is 23.2 Å². The Balaban J connectivity index is 2.29. The Morgan fingerprint density at radius 1 is 1.24 bits per heavy atom. The summed E-state index contributed by atoms with van der Waals surface area (Å²) in [5.74, 6) is -0.249. The summed E-state index contributed by atoms with van der Waals surface area (Å²) < 4.78 is 0. The van der Waals surface area contributed by atoms with Crippen molar-refractivity contribution in [2.75, 3.05) is 0 Å². The number of hydrogen-bond donors (Lipinski definition) is 1. The summed E-state index contributed by atoms with van der Waals surface area (Å²) in [6, 6.07) is 5.09. The Labute approximate surface area is 111 Å². The number of aliphatic hydroxyl groups excluding tert-OH is 1. The van der Waals surface area contributed by atoms with E-state index in [0.717, 1.165) is 12.8 Å². The molecule has 1 N–H and O–H groups in total. The number of aliphatic hydroxyl groups is 1. The van der Waals surface area contributed by atoms with E-state index in [4.69, 9.17) is 23.2 Å². The van der Waals surface area contributed by atoms with Crippen molar-refractivity contribution in [1.29, 1.82) is 0 Å². The normalized spacial score (nSPS) is 22.5. The first-order valence-corrected chi connectivity index (χ1v) is 6.51. The van der Waals surface area contributed by atoms with Crippen molar-refractivity contribution < 1.29 is 9.90 Å². The van der Waals surface area contributed by atoms with Crippen LogP contribution in [0.5, 0.6) is 0 Å². The van der Waals surface area contributed by atoms with E-state index in [1.54, 1.807) is 18.2 Å². The van der Waals surface area contributed by atoms with E-state index in [2.05, 4.69) is 0 Å². The SMILES string of the molecule is O=C1CCCC[C@H]1[C@@H](O)c1c(Cl)cccc1Cl. The minimum Gasteiger partial charge on any atom is -0.388 e. The van der Waals surface area contributed by atoms with Gasteiger partial charge in [-0.25, -0.2) is 0 Å². The van der Waals surface area contributed by atoms with Crippen LogP contribution in [-0.4, -0.2) is 10.9 Å². The lowest BCUT2D eigenvalue weighted by molar-refractivity contribution is -0.128. The van der Waals surface area contributed by atoms with Gasteiger partial charge in [0.2, 0.25) is 0 Å². The molecule has 1 aromatic rings. The monoisotopic (exact) mass is 272 g/mol. The molecule has 0 heterocycles. The van der Waals surface area contributed by atoms with Gasteiger partial charge in [0.25, 0.3) is 0 Å². The van der Waals surface area contributed by atoms with Crippen LogP contribution in [0.3, 0.4) is 0 Å². The van der Waals surface area contributed by atoms with Crippen LogP contribution < -0.4 is 0 Å². The second kappa shape index (κ2) is 5.38. The zero-order valence-electron chi connectivity index (χ0n) is 9.33. The number of rotatable bonds is 2. The zero-order chi connectivity index (χ0) is 12.4. The van der Waals surface area contributed by atoms with Crippen LogP contribution in [0.1, 0.15) is 37.4 Å². The average Bonchev–Trinajstić information content (AvgIpc) is 2.29. The van der Waals surface area contributed by atoms with Crippen LogP contribution in [0.2, 0.25) is 10.0 Å². The minimum absolute atomic E-state index is 0.111. The molecule has 0 spiro atoms. The fourth-order valence-electron chi connectivity index (χ4n) is 2.34. The molecule has 1 aromatic carbocycles. The highest BCUT2D eigenvalue weighted by Crippen LogP contribution is 2.38. The summed E-state index contributed by atoms with van der Waals surface area (Å²) in [6.45, 7) is 0. The standard InChI is InChI=1S/C13H14Cl2O2/c14-9-5-3-6-10(15)12(9)13(17)8-4-1-2-7-11(8)16/h3,5-6,8,13,17H,1-2,4,7H2/t8-,13-/m1/s1. The molecule has 0 amide bonds. The third-order valence-corrected chi connectivity index (χ3v) is 3.94. The molecule has 0 saturated heterocycles. The molecule has 17 heavy (non-hydrogen) atoms. The Bertz CT molecular complexity index is 411. The van der Waals surface area contributed by atoms with Gasteiger partial charge in [-0.05, 0) is 25.0 Å². The average molecular weight is 273 g/mol. The topological polar surface area (TPSA) is 37.3 Å². The lowest BCUT2D eigenvalue weighted by Gasteiger charge is -2.26. The number of carbonyl (C=O) groups is 1. The summed E-state index contributed by atoms with van der Waals surface area (Å²) >= 11 is 12.1. The van der Waals surface area contributed by atoms with Gasteiger partial charge in [-0.3, -0.25) is 4.79 Å². The number of Topliss-reactive ketones (excluding diaryl/α,β-unsaturated/α-hetero) is 1. The number of benzene rings is 1. The maximum Gasteiger partial charge on any atom is 0.138 e. The first-order chi connectivity index (χ1) is 8.11. The van der Waals surface area contributed by atoms with E-state index in [-0.39, 0.29) is 11.7 Å². The molecule has 0 radical (unpaired) electrons. The molecule has 0 aromatic heterocycles. The Morgan fingerprint density at radius 3 is 2.47 bits per heavy atom. The molecule has 0 aliphatic heterocycles. The molecule has 1 fully saturated rings. The van der Waals surface area contributed by atoms with Crippen molar-refractivity contribution in [3.63, 3.8) is 0 Å². The molecule has 2 atom stereocenters. The molecule has 2 rings (SSSR count). The van der Waals surface area contributed by atoms with Crippen molar-refractivity contribution in [2.45, 2.75) is 31.8 Å². The number of halogens is 2. The van der Waals surface area contributed by atoms with Crippen molar-refractivity contribution >= 4 is 29.0 Å². The molecule has 4 heteroatoms. The second-order valence-electron chi connectivity index (χ2n) is 4.40. The summed E-state index contributed by atoms with van der Waals surface area (Å²) in [4.78, 5) is 11.8. The Kier molecular flexibility index (Phi) is 4.08. The van der Waals surface area contributed by atoms with Gasteiger partial charge in [0, 0.05) is 27.9 Å². The lowest BCUT2D eigenvalue weighted by atomic mass is 9.81. The summed E-state index contributed by atoms with van der Waals surface area (Å²) in [6.07, 6.45) is 2.25. The van der Waals surface area contributed by atoms with E-state index in [1.807, 2.05) is 0 Å². The Morgan fingerprint density at radius 2 is 1.88 bits per heavy atom. The molecule has 1 aliphatic rings. The number of hydrogen-bond acceptors (Lipinski definition) is 2. The fourth-order valence-corrected chi connectivity index (χ4v) is 2.96. The molecule has 1 aliphatic carbocycles. The molecule has 1 saturated carbocycles. The van der Waals surface area contributed by atoms with Crippen LogP contribution in [0, 0.1) is 5.92 Å². The van der Waals surface area contributed by atoms with E-state index >= 15 is 0 Å². The van der Waals surface area contributed by atoms with E-state index < -0.39 is 6.10 Å². The maximum absolute atomic E-state index is 11.8. The molecular weight excluding hydrogens is 259 g/mol. The van der Waals surface area contributed by atoms with Gasteiger partial charge in [-0.1, -0.05) is 35.7 Å². The van der Waals surface area contributed by atoms with Crippen LogP contribution in [0.25, 0.3) is 0 Å². The predicted octanol–water partition coefficient (Wildman–Crippen LogP) is 3.79. The van der Waals surface area contributed by atoms with Crippen LogP contribution in [0.4, 0.5) is 0 Å². The third-order valence-electron chi connectivity index (χ3n) is 3.28. The fraction of sp³-hybridized carbons (Fsp3) is 0.462. The van der Waals surface area contributed by atoms with Gasteiger partial charge in [0.1, 0.15) is 5.78 Å². The molecule has 2 nitrogen and oxygen atoms in total. The van der Waals surface area contributed by atoms with Gasteiger partial charge in [0.05, 0.1) is 6.10 Å². The second-order valence-corrected chi connectivity index (χ2v) is 5.21. The molecule has 92 valence electrons. The maximum atomic E-state index is 11.8. The van der Waals surface area contributed by atoms with Crippen molar-refractivity contribution in [3.8, 4) is 0 Å². The number of carbonyl (C=O) groups excluding carboxylic acids is 1. The summed E-state index contributed by atoms with van der Waals surface area (Å²) in [5, 5.41) is 11.1. The first kappa shape index (κ1) is 12.9. The van der Waals surface area contributed by atoms with E-state index in [0.29, 0.717) is 28.5 Å². The van der Waals surface area contributed by atoms with E-state index in [1.165, 1.54) is 0 Å². The minimum atomic E-state index is -0.885. The smallest absolute Gasteiger partial charge is 0.138 e. The summed E-state index contributed by atoms with van der Waals surface area (Å²) in [5.41, 5.74) is 0.482. The summed E-state index contributed by atoms with van der Waals surface area (Å²) in [7, 11) is 0. The first-order valence-electron chi connectivity index (χ1n) is 5.76. The van der Waals surface area contributed by atoms with E-state index in [9.17, 15) is 9.90 Å². The molecule has 0 bridgehead atoms. The van der Waals surface area contributed by atoms with Crippen molar-refractivity contribution in [1.82, 2.24) is 0 Å². The lowest BCUT2D eigenvalue weighted by Crippen LogP contribution is -2.25. The van der Waals surface area contributed by atoms with Crippen LogP contribution in [-0.2, 0) is 4.79 Å². The van der Waals surface area contributed by atoms with Gasteiger partial charge in [-0.2, -0.15) is 0 Å². The van der Waals surface area contributed by atoms with Gasteiger partial charge < -0.3 is 5.11 Å². The predicted molar refractivity (Wildman–Crippen MR) is 68.4 cm³/mol. The van der Waals surface area contributed by atoms with Gasteiger partial charge >= 0.3 is 0 Å². The van der Waals surface area contributed by atoms with Gasteiger partial charge in [-0.15, -0.1) is 0 Å². The molecular formula is C13H14Cl2O2. The quantitative estimate of drug-likeness (QED) is 0.890. The van der Waals surface area contributed by atoms with Crippen molar-refractivity contribution in [3.05, 3.63) is 33.8 Å². The highest BCUT2D eigenvalue weighted by atomic mass is 35.5. The van der Waals surface area contributed by atoms with Gasteiger partial charge in [0.15, 0.2) is 0 Å².